The van der Waals surface area contributed by atoms with Crippen LogP contribution < -0.4 is 4.90 Å². The van der Waals surface area contributed by atoms with Crippen LogP contribution in [0.25, 0.3) is 10.1 Å². The van der Waals surface area contributed by atoms with E-state index in [2.05, 4.69) is 4.37 Å². The number of nitrogens with zero attached hydrogens (tertiary/aromatic N) is 4. The van der Waals surface area contributed by atoms with Crippen LogP contribution in [0, 0.1) is 35.5 Å². The zero-order valence-corrected chi connectivity index (χ0v) is 21.7. The molecular formula is C28H37ClN4O2S. The third-order valence-corrected chi connectivity index (χ3v) is 9.90. The second-order valence-electron chi connectivity index (χ2n) is 10.9. The lowest BCUT2D eigenvalue weighted by Gasteiger charge is -2.40. The number of aromatic nitrogens is 1. The van der Waals surface area contributed by atoms with Crippen LogP contribution >= 0.6 is 23.9 Å². The first kappa shape index (κ1) is 17.0. The fourth-order valence-corrected chi connectivity index (χ4v) is 8.15. The first-order valence-electron chi connectivity index (χ1n) is 17.0. The zero-order chi connectivity index (χ0) is 30.7. The smallest absolute Gasteiger partial charge is 0.233 e. The molecule has 2 aromatic rings. The predicted molar refractivity (Wildman–Crippen MR) is 145 cm³/mol. The van der Waals surface area contributed by atoms with Gasteiger partial charge in [0, 0.05) is 49.9 Å². The lowest BCUT2D eigenvalue weighted by molar-refractivity contribution is -0.142. The van der Waals surface area contributed by atoms with Crippen LogP contribution in [-0.4, -0.2) is 65.1 Å². The van der Waals surface area contributed by atoms with E-state index in [1.54, 1.807) is 24.3 Å². The van der Waals surface area contributed by atoms with Crippen LogP contribution in [0.2, 0.25) is 0 Å². The van der Waals surface area contributed by atoms with Gasteiger partial charge in [0.1, 0.15) is 5.82 Å². The summed E-state index contributed by atoms with van der Waals surface area (Å²) in [7, 11) is 0. The maximum atomic E-state index is 13.4. The van der Waals surface area contributed by atoms with Crippen molar-refractivity contribution in [1.82, 2.24) is 14.2 Å². The number of hydrogen-bond acceptors (Lipinski definition) is 6. The molecular weight excluding hydrogens is 492 g/mol. The summed E-state index contributed by atoms with van der Waals surface area (Å²) in [6.07, 6.45) is 5.86. The average molecular weight is 537 g/mol. The normalized spacial score (nSPS) is 43.3. The predicted octanol–water partition coefficient (Wildman–Crippen LogP) is 4.68. The molecule has 2 saturated heterocycles. The number of fused-ring (bicyclic) bond motifs is 6. The molecule has 3 heterocycles. The number of benzene rings is 1. The number of halogens is 1. The van der Waals surface area contributed by atoms with Crippen LogP contribution in [0.4, 0.5) is 5.82 Å². The summed E-state index contributed by atoms with van der Waals surface area (Å²) in [5.74, 6) is -0.817. The van der Waals surface area contributed by atoms with E-state index in [0.29, 0.717) is 27.8 Å². The van der Waals surface area contributed by atoms with Crippen LogP contribution in [0.15, 0.2) is 24.3 Å². The number of piperazine rings is 1. The van der Waals surface area contributed by atoms with Crippen molar-refractivity contribution in [2.75, 3.05) is 44.0 Å². The van der Waals surface area contributed by atoms with E-state index in [-0.39, 0.29) is 78.6 Å². The summed E-state index contributed by atoms with van der Waals surface area (Å²) in [5, 5.41) is 0.422. The highest BCUT2D eigenvalue weighted by atomic mass is 35.5. The van der Waals surface area contributed by atoms with Gasteiger partial charge < -0.3 is 4.90 Å². The van der Waals surface area contributed by atoms with Gasteiger partial charge in [-0.1, -0.05) is 25.0 Å². The Kier molecular flexibility index (Phi) is 4.67. The van der Waals surface area contributed by atoms with Crippen LogP contribution in [0.3, 0.4) is 0 Å². The molecule has 2 amide bonds. The molecule has 0 unspecified atom stereocenters. The zero-order valence-electron chi connectivity index (χ0n) is 28.1. The number of imide groups is 1. The monoisotopic (exact) mass is 536 g/mol. The summed E-state index contributed by atoms with van der Waals surface area (Å²) < 4.78 is 76.7. The van der Waals surface area contributed by atoms with Crippen LogP contribution in [-0.2, 0) is 9.59 Å². The van der Waals surface area contributed by atoms with E-state index in [1.165, 1.54) is 4.90 Å². The molecule has 6 nitrogen and oxygen atoms in total. The first-order valence-corrected chi connectivity index (χ1v) is 13.7. The Morgan fingerprint density at radius 3 is 2.22 bits per heavy atom. The molecule has 194 valence electrons. The molecule has 3 aliphatic carbocycles. The van der Waals surface area contributed by atoms with Crippen molar-refractivity contribution in [2.45, 2.75) is 44.9 Å². The van der Waals surface area contributed by atoms with Gasteiger partial charge in [0.15, 0.2) is 0 Å². The highest BCUT2D eigenvalue weighted by Crippen LogP contribution is 2.56. The van der Waals surface area contributed by atoms with E-state index in [9.17, 15) is 9.59 Å². The molecule has 1 aromatic heterocycles. The maximum absolute atomic E-state index is 13.4. The molecule has 5 aliphatic rings. The van der Waals surface area contributed by atoms with E-state index < -0.39 is 26.0 Å². The SMILES string of the molecule is Cl.[2H]C1([2H])N(C[C@H]2CCCC[C@H]2CN2C(=O)[C@@H]3[C@@H]4CC[C@@H](C4)[C@@H]3C2=O)C([2H])([2H])C([2H])([2H])N(c2nsc3ccccc23)C1([2H])[2H]. The fraction of sp³-hybridized carbons (Fsp3) is 0.679. The minimum Gasteiger partial charge on any atom is -0.353 e. The van der Waals surface area contributed by atoms with E-state index in [4.69, 9.17) is 11.0 Å². The highest BCUT2D eigenvalue weighted by molar-refractivity contribution is 7.13. The van der Waals surface area contributed by atoms with Crippen molar-refractivity contribution in [1.29, 1.82) is 0 Å². The van der Waals surface area contributed by atoms with Crippen molar-refractivity contribution in [3.8, 4) is 0 Å². The van der Waals surface area contributed by atoms with Crippen molar-refractivity contribution in [2.24, 2.45) is 35.5 Å². The summed E-state index contributed by atoms with van der Waals surface area (Å²) >= 11 is 1.02. The Labute approximate surface area is 235 Å². The van der Waals surface area contributed by atoms with E-state index in [0.717, 1.165) is 48.5 Å². The summed E-state index contributed by atoms with van der Waals surface area (Å²) in [4.78, 5) is 29.6. The van der Waals surface area contributed by atoms with E-state index in [1.807, 2.05) is 0 Å². The minimum absolute atomic E-state index is 0. The standard InChI is InChI=1S/C28H36N4O2S.ClH/c33-27-24-18-9-10-19(15-18)25(24)28(34)32(27)17-21-6-2-1-5-20(21)16-30-11-13-31(14-12-30)26-22-7-3-4-8-23(22)35-29-26;/h3-4,7-8,18-21,24-25H,1-2,5-6,9-17H2;1H/t18-,19+,20-,21+,24-,25+;/m1./s1/i11D2,12D2,13D2,14D2;. The number of amides is 2. The number of likely N-dealkylation sites (tertiary alicyclic amines) is 1. The van der Waals surface area contributed by atoms with Gasteiger partial charge in [-0.3, -0.25) is 19.4 Å². The van der Waals surface area contributed by atoms with Gasteiger partial charge in [0.25, 0.3) is 0 Å². The van der Waals surface area contributed by atoms with Gasteiger partial charge in [0.2, 0.25) is 11.8 Å². The molecule has 0 spiro atoms. The average Bonchev–Trinajstić information content (AvgIpc) is 3.72. The Hall–Kier alpha value is -1.70. The Morgan fingerprint density at radius 1 is 0.889 bits per heavy atom. The minimum atomic E-state index is -3.00. The highest BCUT2D eigenvalue weighted by Gasteiger charge is 2.61. The summed E-state index contributed by atoms with van der Waals surface area (Å²) in [6, 6.07) is 6.86. The van der Waals surface area contributed by atoms with Gasteiger partial charge in [-0.15, -0.1) is 12.4 Å². The van der Waals surface area contributed by atoms with Gasteiger partial charge in [-0.2, -0.15) is 4.37 Å². The molecule has 36 heavy (non-hydrogen) atoms. The molecule has 0 N–H and O–H groups in total. The maximum Gasteiger partial charge on any atom is 0.233 e. The van der Waals surface area contributed by atoms with Gasteiger partial charge in [0.05, 0.1) is 22.0 Å². The molecule has 6 atom stereocenters. The second kappa shape index (κ2) is 9.88. The summed E-state index contributed by atoms with van der Waals surface area (Å²) in [5.41, 5.74) is 0. The fourth-order valence-electron chi connectivity index (χ4n) is 7.39. The van der Waals surface area contributed by atoms with Gasteiger partial charge in [-0.05, 0) is 79.4 Å². The quantitative estimate of drug-likeness (QED) is 0.519. The van der Waals surface area contributed by atoms with Crippen molar-refractivity contribution >= 4 is 51.7 Å². The Bertz CT molecular complexity index is 1420. The lowest BCUT2D eigenvalue weighted by Crippen LogP contribution is -2.49. The molecule has 3 saturated carbocycles. The molecule has 2 aliphatic heterocycles. The summed E-state index contributed by atoms with van der Waals surface area (Å²) in [6.45, 7) is -12.0. The number of carbonyl (C=O) groups is 2. The topological polar surface area (TPSA) is 56.8 Å². The third kappa shape index (κ3) is 4.06. The van der Waals surface area contributed by atoms with Crippen LogP contribution in [0.1, 0.15) is 55.9 Å². The molecule has 5 fully saturated rings. The van der Waals surface area contributed by atoms with Crippen molar-refractivity contribution in [3.63, 3.8) is 0 Å². The van der Waals surface area contributed by atoms with Gasteiger partial charge >= 0.3 is 0 Å². The molecule has 2 bridgehead atoms. The third-order valence-electron chi connectivity index (χ3n) is 9.08. The van der Waals surface area contributed by atoms with Crippen molar-refractivity contribution in [3.05, 3.63) is 24.3 Å². The first-order chi connectivity index (χ1) is 20.2. The lowest BCUT2D eigenvalue weighted by atomic mass is 9.78. The van der Waals surface area contributed by atoms with E-state index >= 15 is 0 Å². The second-order valence-corrected chi connectivity index (χ2v) is 11.7. The van der Waals surface area contributed by atoms with Crippen molar-refractivity contribution < 1.29 is 20.6 Å². The molecule has 8 heteroatoms. The van der Waals surface area contributed by atoms with Crippen LogP contribution in [0.5, 0.6) is 0 Å². The number of rotatable bonds is 5. The Balaban J connectivity index is 0.00000343. The number of hydrogen-bond donors (Lipinski definition) is 0. The number of anilines is 1. The number of carbonyl (C=O) groups excluding carboxylic acids is 2. The Morgan fingerprint density at radius 2 is 1.53 bits per heavy atom. The molecule has 1 aromatic carbocycles. The molecule has 0 radical (unpaired) electrons. The molecule has 7 rings (SSSR count). The van der Waals surface area contributed by atoms with Gasteiger partial charge in [-0.25, -0.2) is 0 Å². The largest absolute Gasteiger partial charge is 0.353 e.